The molecule has 0 radical (unpaired) electrons. The lowest BCUT2D eigenvalue weighted by atomic mass is 10.1. The van der Waals surface area contributed by atoms with Crippen molar-refractivity contribution in [2.45, 2.75) is 13.8 Å². The van der Waals surface area contributed by atoms with Crippen LogP contribution in [0.25, 0.3) is 27.8 Å². The van der Waals surface area contributed by atoms with E-state index in [0.29, 0.717) is 10.7 Å². The Labute approximate surface area is 144 Å². The Morgan fingerprint density at radius 3 is 2.29 bits per heavy atom. The number of hydrogen-bond donors (Lipinski definition) is 0. The fraction of sp³-hybridized carbons (Fsp3) is 0.105. The van der Waals surface area contributed by atoms with Crippen molar-refractivity contribution in [2.75, 3.05) is 0 Å². The summed E-state index contributed by atoms with van der Waals surface area (Å²) in [6, 6.07) is 18.2. The molecule has 0 saturated carbocycles. The normalized spacial score (nSPS) is 11.1. The molecule has 0 saturated heterocycles. The van der Waals surface area contributed by atoms with Crippen LogP contribution < -0.4 is 0 Å². The number of rotatable bonds is 2. The van der Waals surface area contributed by atoms with E-state index in [-0.39, 0.29) is 0 Å². The molecule has 0 amide bonds. The maximum Gasteiger partial charge on any atom is 0.179 e. The number of hydrogen-bond acceptors (Lipinski definition) is 3. The third-order valence-electron chi connectivity index (χ3n) is 4.11. The molecule has 0 unspecified atom stereocenters. The predicted octanol–water partition coefficient (Wildman–Crippen LogP) is 4.75. The van der Waals surface area contributed by atoms with Gasteiger partial charge in [0.1, 0.15) is 11.2 Å². The van der Waals surface area contributed by atoms with Crippen LogP contribution in [-0.4, -0.2) is 20.0 Å². The zero-order chi connectivity index (χ0) is 16.7. The molecule has 118 valence electrons. The topological polar surface area (TPSA) is 43.6 Å². The van der Waals surface area contributed by atoms with Crippen LogP contribution >= 0.6 is 11.6 Å². The summed E-state index contributed by atoms with van der Waals surface area (Å²) in [6.07, 6.45) is 0. The Morgan fingerprint density at radius 2 is 1.58 bits per heavy atom. The summed E-state index contributed by atoms with van der Waals surface area (Å²) in [6.45, 7) is 4.09. The third-order valence-corrected chi connectivity index (χ3v) is 4.37. The first kappa shape index (κ1) is 14.8. The summed E-state index contributed by atoms with van der Waals surface area (Å²) in [7, 11) is 0. The van der Waals surface area contributed by atoms with Gasteiger partial charge in [-0.25, -0.2) is 4.68 Å². The highest BCUT2D eigenvalue weighted by atomic mass is 35.5. The number of nitrogens with zero attached hydrogens (tertiary/aromatic N) is 4. The molecule has 4 aromatic rings. The third kappa shape index (κ3) is 2.36. The number of benzene rings is 2. The highest BCUT2D eigenvalue weighted by Crippen LogP contribution is 2.32. The largest absolute Gasteiger partial charge is 0.237 e. The molecule has 0 aliphatic carbocycles. The number of halogens is 1. The molecule has 2 aromatic heterocycles. The molecule has 0 spiro atoms. The highest BCUT2D eigenvalue weighted by molar-refractivity contribution is 6.34. The molecular formula is C19H15ClN4. The van der Waals surface area contributed by atoms with Crippen molar-refractivity contribution in [3.8, 4) is 16.9 Å². The van der Waals surface area contributed by atoms with Gasteiger partial charge in [0.25, 0.3) is 0 Å². The monoisotopic (exact) mass is 334 g/mol. The molecule has 0 fully saturated rings. The molecular weight excluding hydrogens is 320 g/mol. The summed E-state index contributed by atoms with van der Waals surface area (Å²) in [5.41, 5.74) is 5.65. The second kappa shape index (κ2) is 5.73. The molecule has 0 atom stereocenters. The van der Waals surface area contributed by atoms with Crippen LogP contribution in [0.2, 0.25) is 5.15 Å². The van der Waals surface area contributed by atoms with E-state index in [4.69, 9.17) is 11.6 Å². The van der Waals surface area contributed by atoms with Crippen molar-refractivity contribution in [1.29, 1.82) is 0 Å². The van der Waals surface area contributed by atoms with E-state index >= 15 is 0 Å². The molecule has 5 heteroatoms. The Bertz CT molecular complexity index is 1020. The fourth-order valence-corrected chi connectivity index (χ4v) is 3.03. The van der Waals surface area contributed by atoms with Gasteiger partial charge in [0.15, 0.2) is 5.15 Å². The van der Waals surface area contributed by atoms with Gasteiger partial charge in [0, 0.05) is 5.56 Å². The zero-order valence-corrected chi connectivity index (χ0v) is 14.1. The van der Waals surface area contributed by atoms with Gasteiger partial charge in [-0.2, -0.15) is 5.10 Å². The lowest BCUT2D eigenvalue weighted by molar-refractivity contribution is 0.860. The summed E-state index contributed by atoms with van der Waals surface area (Å²) in [5, 5.41) is 14.3. The van der Waals surface area contributed by atoms with E-state index in [0.717, 1.165) is 28.0 Å². The van der Waals surface area contributed by atoms with Gasteiger partial charge in [0.2, 0.25) is 0 Å². The van der Waals surface area contributed by atoms with E-state index in [1.807, 2.05) is 54.1 Å². The van der Waals surface area contributed by atoms with Gasteiger partial charge < -0.3 is 0 Å². The maximum atomic E-state index is 6.27. The molecule has 2 aromatic carbocycles. The van der Waals surface area contributed by atoms with Crippen molar-refractivity contribution in [3.63, 3.8) is 0 Å². The van der Waals surface area contributed by atoms with Crippen LogP contribution in [0.4, 0.5) is 0 Å². The zero-order valence-electron chi connectivity index (χ0n) is 13.4. The van der Waals surface area contributed by atoms with E-state index in [2.05, 4.69) is 34.4 Å². The smallest absolute Gasteiger partial charge is 0.179 e. The molecule has 0 bridgehead atoms. The van der Waals surface area contributed by atoms with Gasteiger partial charge in [-0.05, 0) is 26.0 Å². The number of aromatic nitrogens is 4. The Kier molecular flexibility index (Phi) is 3.54. The molecule has 24 heavy (non-hydrogen) atoms. The minimum Gasteiger partial charge on any atom is -0.237 e. The van der Waals surface area contributed by atoms with Crippen molar-refractivity contribution >= 4 is 22.5 Å². The van der Waals surface area contributed by atoms with Crippen LogP contribution in [-0.2, 0) is 0 Å². The minimum absolute atomic E-state index is 0.318. The van der Waals surface area contributed by atoms with Gasteiger partial charge in [-0.15, -0.1) is 10.2 Å². The summed E-state index contributed by atoms with van der Waals surface area (Å²) in [4.78, 5) is 0. The molecule has 2 heterocycles. The molecule has 0 aliphatic heterocycles. The molecule has 0 aliphatic rings. The summed E-state index contributed by atoms with van der Waals surface area (Å²) < 4.78 is 1.89. The molecule has 4 rings (SSSR count). The Hall–Kier alpha value is -2.72. The summed E-state index contributed by atoms with van der Waals surface area (Å²) >= 11 is 6.27. The average Bonchev–Trinajstić information content (AvgIpc) is 2.96. The number of fused-ring (bicyclic) bond motifs is 1. The van der Waals surface area contributed by atoms with E-state index in [9.17, 15) is 0 Å². The molecule has 0 N–H and O–H groups in total. The Balaban J connectivity index is 2.01. The lowest BCUT2D eigenvalue weighted by Gasteiger charge is -2.05. The van der Waals surface area contributed by atoms with Crippen LogP contribution in [0, 0.1) is 13.8 Å². The van der Waals surface area contributed by atoms with E-state index in [1.54, 1.807) is 0 Å². The first-order valence-electron chi connectivity index (χ1n) is 7.69. The SMILES string of the molecule is Cc1ccc(-n2nc3c(Cl)nnc(-c4ccccc4)c3c2C)cc1. The summed E-state index contributed by atoms with van der Waals surface area (Å²) in [5.74, 6) is 0. The highest BCUT2D eigenvalue weighted by Gasteiger charge is 2.18. The van der Waals surface area contributed by atoms with Gasteiger partial charge in [0.05, 0.1) is 16.8 Å². The number of aryl methyl sites for hydroxylation is 2. The van der Waals surface area contributed by atoms with E-state index < -0.39 is 0 Å². The maximum absolute atomic E-state index is 6.27. The lowest BCUT2D eigenvalue weighted by Crippen LogP contribution is -1.98. The second-order valence-electron chi connectivity index (χ2n) is 5.76. The second-order valence-corrected chi connectivity index (χ2v) is 6.12. The first-order chi connectivity index (χ1) is 11.6. The van der Waals surface area contributed by atoms with Crippen molar-refractivity contribution < 1.29 is 0 Å². The van der Waals surface area contributed by atoms with Crippen LogP contribution in [0.3, 0.4) is 0 Å². The molecule has 4 nitrogen and oxygen atoms in total. The standard InChI is InChI=1S/C19H15ClN4/c1-12-8-10-15(11-9-12)24-13(2)16-17(14-6-4-3-5-7-14)21-22-19(20)18(16)23-24/h3-11H,1-2H3. The van der Waals surface area contributed by atoms with Gasteiger partial charge in [-0.3, -0.25) is 0 Å². The van der Waals surface area contributed by atoms with Crippen LogP contribution in [0.5, 0.6) is 0 Å². The first-order valence-corrected chi connectivity index (χ1v) is 8.07. The predicted molar refractivity (Wildman–Crippen MR) is 96.6 cm³/mol. The van der Waals surface area contributed by atoms with Gasteiger partial charge >= 0.3 is 0 Å². The van der Waals surface area contributed by atoms with Crippen molar-refractivity contribution in [3.05, 3.63) is 71.0 Å². The van der Waals surface area contributed by atoms with Crippen molar-refractivity contribution in [1.82, 2.24) is 20.0 Å². The minimum atomic E-state index is 0.318. The van der Waals surface area contributed by atoms with Gasteiger partial charge in [-0.1, -0.05) is 59.6 Å². The quantitative estimate of drug-likeness (QED) is 0.531. The average molecular weight is 335 g/mol. The fourth-order valence-electron chi connectivity index (χ4n) is 2.86. The van der Waals surface area contributed by atoms with E-state index in [1.165, 1.54) is 5.56 Å². The Morgan fingerprint density at radius 1 is 0.875 bits per heavy atom. The van der Waals surface area contributed by atoms with Crippen LogP contribution in [0.15, 0.2) is 54.6 Å². The van der Waals surface area contributed by atoms with Crippen molar-refractivity contribution in [2.24, 2.45) is 0 Å². The van der Waals surface area contributed by atoms with Crippen LogP contribution in [0.1, 0.15) is 11.3 Å².